The third-order valence-electron chi connectivity index (χ3n) is 2.77. The molecule has 0 fully saturated rings. The number of aliphatic carboxylic acids is 1. The number of carbonyl (C=O) groups is 1. The second-order valence-corrected chi connectivity index (χ2v) is 4.74. The van der Waals surface area contributed by atoms with E-state index in [1.807, 2.05) is 0 Å². The largest absolute Gasteiger partial charge is 0.479 e. The van der Waals surface area contributed by atoms with Crippen LogP contribution in [0.4, 0.5) is 0 Å². The van der Waals surface area contributed by atoms with Crippen molar-refractivity contribution in [2.24, 2.45) is 0 Å². The fraction of sp³-hybridized carbons (Fsp3) is 0.462. The zero-order chi connectivity index (χ0) is 13.9. The first-order chi connectivity index (χ1) is 8.32. The number of carboxylic acid groups (broad SMARTS) is 1. The Balaban J connectivity index is 3.01. The van der Waals surface area contributed by atoms with E-state index in [9.17, 15) is 15.0 Å². The molecule has 3 unspecified atom stereocenters. The van der Waals surface area contributed by atoms with Gasteiger partial charge in [-0.3, -0.25) is 0 Å². The van der Waals surface area contributed by atoms with Crippen LogP contribution >= 0.6 is 11.6 Å². The van der Waals surface area contributed by atoms with E-state index in [0.29, 0.717) is 10.6 Å². The van der Waals surface area contributed by atoms with Crippen LogP contribution in [0.25, 0.3) is 0 Å². The van der Waals surface area contributed by atoms with Gasteiger partial charge in [-0.2, -0.15) is 0 Å². The number of hydrogen-bond donors (Lipinski definition) is 2. The van der Waals surface area contributed by atoms with Crippen LogP contribution in [0.15, 0.2) is 18.2 Å². The number of hydrogen-bond acceptors (Lipinski definition) is 3. The number of rotatable bonds is 5. The van der Waals surface area contributed by atoms with Crippen molar-refractivity contribution in [2.45, 2.75) is 39.1 Å². The molecule has 0 aliphatic carbocycles. The molecule has 2 N–H and O–H groups in total. The maximum absolute atomic E-state index is 11.3. The van der Waals surface area contributed by atoms with E-state index >= 15 is 0 Å². The van der Waals surface area contributed by atoms with Crippen LogP contribution in [0.5, 0.6) is 0 Å². The van der Waals surface area contributed by atoms with Gasteiger partial charge in [0.2, 0.25) is 0 Å². The Labute approximate surface area is 111 Å². The fourth-order valence-electron chi connectivity index (χ4n) is 1.53. The third-order valence-corrected chi connectivity index (χ3v) is 3.00. The number of aryl methyl sites for hydroxylation is 1. The minimum atomic E-state index is -1.10. The molecule has 0 saturated carbocycles. The molecule has 0 heterocycles. The molecule has 100 valence electrons. The summed E-state index contributed by atoms with van der Waals surface area (Å²) in [6.07, 6.45) is -2.41. The van der Waals surface area contributed by atoms with Gasteiger partial charge in [-0.1, -0.05) is 17.7 Å². The van der Waals surface area contributed by atoms with Gasteiger partial charge in [-0.15, -0.1) is 0 Å². The Hall–Kier alpha value is -1.10. The summed E-state index contributed by atoms with van der Waals surface area (Å²) >= 11 is 5.83. The first kappa shape index (κ1) is 15.0. The van der Waals surface area contributed by atoms with Crippen LogP contribution in [0.2, 0.25) is 5.02 Å². The highest BCUT2D eigenvalue weighted by Gasteiger charge is 2.26. The Bertz CT molecular complexity index is 431. The normalized spacial score (nSPS) is 16.1. The molecule has 4 nitrogen and oxygen atoms in total. The van der Waals surface area contributed by atoms with E-state index in [0.717, 1.165) is 5.56 Å². The SMILES string of the molecule is Cc1cc(Cl)ccc1C(OC(C)C(C)O)C(=O)O. The fourth-order valence-corrected chi connectivity index (χ4v) is 1.75. The van der Waals surface area contributed by atoms with Gasteiger partial charge in [-0.05, 0) is 44.0 Å². The van der Waals surface area contributed by atoms with Crippen LogP contribution in [0.3, 0.4) is 0 Å². The van der Waals surface area contributed by atoms with Gasteiger partial charge in [0, 0.05) is 5.02 Å². The van der Waals surface area contributed by atoms with Gasteiger partial charge in [0.25, 0.3) is 0 Å². The van der Waals surface area contributed by atoms with Crippen molar-refractivity contribution in [1.82, 2.24) is 0 Å². The average molecular weight is 273 g/mol. The van der Waals surface area contributed by atoms with Crippen LogP contribution in [0.1, 0.15) is 31.1 Å². The summed E-state index contributed by atoms with van der Waals surface area (Å²) in [5.41, 5.74) is 1.28. The molecule has 3 atom stereocenters. The van der Waals surface area contributed by atoms with Crippen molar-refractivity contribution in [3.63, 3.8) is 0 Å². The number of benzene rings is 1. The smallest absolute Gasteiger partial charge is 0.337 e. The molecular weight excluding hydrogens is 256 g/mol. The summed E-state index contributed by atoms with van der Waals surface area (Å²) in [6.45, 7) is 4.96. The molecule has 18 heavy (non-hydrogen) atoms. The van der Waals surface area contributed by atoms with E-state index < -0.39 is 24.3 Å². The summed E-state index contributed by atoms with van der Waals surface area (Å²) in [5, 5.41) is 19.1. The minimum absolute atomic E-state index is 0.541. The molecule has 0 amide bonds. The maximum atomic E-state index is 11.3. The summed E-state index contributed by atoms with van der Waals surface area (Å²) in [6, 6.07) is 4.94. The van der Waals surface area contributed by atoms with Gasteiger partial charge in [-0.25, -0.2) is 4.79 Å². The molecule has 0 radical (unpaired) electrons. The molecule has 0 aliphatic heterocycles. The van der Waals surface area contributed by atoms with Gasteiger partial charge in [0.05, 0.1) is 12.2 Å². The summed E-state index contributed by atoms with van der Waals surface area (Å²) in [5.74, 6) is -1.09. The summed E-state index contributed by atoms with van der Waals surface area (Å²) < 4.78 is 5.39. The predicted molar refractivity (Wildman–Crippen MR) is 68.8 cm³/mol. The number of ether oxygens (including phenoxy) is 1. The number of aliphatic hydroxyl groups excluding tert-OH is 1. The number of aliphatic hydroxyl groups is 1. The van der Waals surface area contributed by atoms with Crippen LogP contribution in [-0.4, -0.2) is 28.4 Å². The Morgan fingerprint density at radius 3 is 2.44 bits per heavy atom. The standard InChI is InChI=1S/C13H17ClO4/c1-7-6-10(14)4-5-11(7)12(13(16)17)18-9(3)8(2)15/h4-6,8-9,12,15H,1-3H3,(H,16,17). The van der Waals surface area contributed by atoms with Crippen molar-refractivity contribution >= 4 is 17.6 Å². The topological polar surface area (TPSA) is 66.8 Å². The average Bonchev–Trinajstić information content (AvgIpc) is 2.26. The third kappa shape index (κ3) is 3.70. The quantitative estimate of drug-likeness (QED) is 0.864. The van der Waals surface area contributed by atoms with Crippen LogP contribution < -0.4 is 0 Å². The van der Waals surface area contributed by atoms with Crippen molar-refractivity contribution in [3.8, 4) is 0 Å². The van der Waals surface area contributed by atoms with Crippen LogP contribution in [0, 0.1) is 6.92 Å². The Morgan fingerprint density at radius 2 is 2.00 bits per heavy atom. The van der Waals surface area contributed by atoms with Crippen molar-refractivity contribution in [3.05, 3.63) is 34.3 Å². The molecule has 0 aromatic heterocycles. The van der Waals surface area contributed by atoms with E-state index in [-0.39, 0.29) is 0 Å². The number of carboxylic acids is 1. The zero-order valence-corrected chi connectivity index (χ0v) is 11.3. The molecule has 5 heteroatoms. The monoisotopic (exact) mass is 272 g/mol. The van der Waals surface area contributed by atoms with Gasteiger partial charge in [0.1, 0.15) is 0 Å². The molecule has 0 bridgehead atoms. The lowest BCUT2D eigenvalue weighted by molar-refractivity contribution is -0.158. The summed E-state index contributed by atoms with van der Waals surface area (Å²) in [4.78, 5) is 11.3. The lowest BCUT2D eigenvalue weighted by atomic mass is 10.0. The highest BCUT2D eigenvalue weighted by molar-refractivity contribution is 6.30. The van der Waals surface area contributed by atoms with Gasteiger partial charge in [0.15, 0.2) is 6.10 Å². The van der Waals surface area contributed by atoms with Gasteiger partial charge >= 0.3 is 5.97 Å². The second-order valence-electron chi connectivity index (χ2n) is 4.30. The molecule has 0 saturated heterocycles. The van der Waals surface area contributed by atoms with E-state index in [1.165, 1.54) is 0 Å². The predicted octanol–water partition coefficient (Wildman–Crippen LogP) is 2.56. The second kappa shape index (κ2) is 6.18. The molecule has 1 aromatic carbocycles. The molecule has 1 rings (SSSR count). The van der Waals surface area contributed by atoms with Crippen molar-refractivity contribution in [2.75, 3.05) is 0 Å². The first-order valence-electron chi connectivity index (χ1n) is 5.65. The molecule has 0 aliphatic rings. The van der Waals surface area contributed by atoms with Crippen molar-refractivity contribution in [1.29, 1.82) is 0 Å². The Morgan fingerprint density at radius 1 is 1.39 bits per heavy atom. The molecular formula is C13H17ClO4. The lowest BCUT2D eigenvalue weighted by Gasteiger charge is -2.22. The van der Waals surface area contributed by atoms with Crippen molar-refractivity contribution < 1.29 is 19.7 Å². The number of halogens is 1. The first-order valence-corrected chi connectivity index (χ1v) is 6.03. The zero-order valence-electron chi connectivity index (χ0n) is 10.6. The lowest BCUT2D eigenvalue weighted by Crippen LogP contribution is -2.28. The Kier molecular flexibility index (Phi) is 5.14. The highest BCUT2D eigenvalue weighted by Crippen LogP contribution is 2.26. The van der Waals surface area contributed by atoms with E-state index in [1.54, 1.807) is 39.0 Å². The highest BCUT2D eigenvalue weighted by atomic mass is 35.5. The molecule has 1 aromatic rings. The van der Waals surface area contributed by atoms with Gasteiger partial charge < -0.3 is 14.9 Å². The molecule has 0 spiro atoms. The summed E-state index contributed by atoms with van der Waals surface area (Å²) in [7, 11) is 0. The maximum Gasteiger partial charge on any atom is 0.337 e. The van der Waals surface area contributed by atoms with E-state index in [4.69, 9.17) is 16.3 Å². The van der Waals surface area contributed by atoms with E-state index in [2.05, 4.69) is 0 Å². The minimum Gasteiger partial charge on any atom is -0.479 e. The van der Waals surface area contributed by atoms with Crippen LogP contribution in [-0.2, 0) is 9.53 Å².